The molecule has 1 aromatic carbocycles. The van der Waals surface area contributed by atoms with E-state index in [1.807, 2.05) is 13.8 Å². The van der Waals surface area contributed by atoms with Crippen LogP contribution in [0.15, 0.2) is 28.8 Å². The molecular formula is C21H29N3O. The molecule has 1 atom stereocenters. The zero-order chi connectivity index (χ0) is 17.6. The number of hydrogen-bond donors (Lipinski definition) is 0. The maximum atomic E-state index is 5.33. The molecule has 1 spiro atoms. The summed E-state index contributed by atoms with van der Waals surface area (Å²) >= 11 is 0. The van der Waals surface area contributed by atoms with E-state index in [2.05, 4.69) is 53.3 Å². The number of hydrogen-bond acceptors (Lipinski definition) is 4. The Morgan fingerprint density at radius 1 is 1.20 bits per heavy atom. The van der Waals surface area contributed by atoms with Crippen LogP contribution < -0.4 is 0 Å². The van der Waals surface area contributed by atoms with Crippen LogP contribution in [-0.4, -0.2) is 42.1 Å². The van der Waals surface area contributed by atoms with Crippen LogP contribution in [0.3, 0.4) is 0 Å². The van der Waals surface area contributed by atoms with Gasteiger partial charge in [-0.25, -0.2) is 0 Å². The van der Waals surface area contributed by atoms with Crippen molar-refractivity contribution in [2.45, 2.75) is 51.1 Å². The van der Waals surface area contributed by atoms with Gasteiger partial charge in [-0.2, -0.15) is 0 Å². The van der Waals surface area contributed by atoms with E-state index in [4.69, 9.17) is 4.52 Å². The highest BCUT2D eigenvalue weighted by molar-refractivity contribution is 5.42. The Labute approximate surface area is 150 Å². The number of aryl methyl sites for hydroxylation is 2. The lowest BCUT2D eigenvalue weighted by Crippen LogP contribution is -2.41. The number of rotatable bonds is 3. The highest BCUT2D eigenvalue weighted by atomic mass is 16.5. The fourth-order valence-electron chi connectivity index (χ4n) is 4.89. The summed E-state index contributed by atoms with van der Waals surface area (Å²) in [6.45, 7) is 7.34. The third kappa shape index (κ3) is 2.81. The minimum absolute atomic E-state index is 0.362. The predicted molar refractivity (Wildman–Crippen MR) is 99.7 cm³/mol. The molecule has 4 rings (SSSR count). The smallest absolute Gasteiger partial charge is 0.138 e. The SMILES string of the molecule is Cc1noc(C)c1CN1CCC2(CC1)CC(N(C)C)c1ccccc12. The summed E-state index contributed by atoms with van der Waals surface area (Å²) in [5.74, 6) is 0.969. The molecular weight excluding hydrogens is 310 g/mol. The molecule has 1 aromatic heterocycles. The largest absolute Gasteiger partial charge is 0.361 e. The van der Waals surface area contributed by atoms with Crippen molar-refractivity contribution in [3.8, 4) is 0 Å². The molecule has 0 amide bonds. The van der Waals surface area contributed by atoms with Gasteiger partial charge in [-0.15, -0.1) is 0 Å². The highest BCUT2D eigenvalue weighted by Crippen LogP contribution is 2.52. The molecule has 1 fully saturated rings. The van der Waals surface area contributed by atoms with E-state index < -0.39 is 0 Å². The van der Waals surface area contributed by atoms with E-state index in [9.17, 15) is 0 Å². The van der Waals surface area contributed by atoms with Crippen molar-refractivity contribution in [2.24, 2.45) is 0 Å². The number of fused-ring (bicyclic) bond motifs is 2. The van der Waals surface area contributed by atoms with Gasteiger partial charge in [-0.05, 0) is 76.8 Å². The number of nitrogens with zero attached hydrogens (tertiary/aromatic N) is 3. The van der Waals surface area contributed by atoms with Gasteiger partial charge >= 0.3 is 0 Å². The molecule has 1 aliphatic heterocycles. The molecule has 4 heteroatoms. The number of benzene rings is 1. The molecule has 4 nitrogen and oxygen atoms in total. The van der Waals surface area contributed by atoms with Gasteiger partial charge in [0.2, 0.25) is 0 Å². The van der Waals surface area contributed by atoms with Crippen LogP contribution in [0.2, 0.25) is 0 Å². The summed E-state index contributed by atoms with van der Waals surface area (Å²) < 4.78 is 5.33. The lowest BCUT2D eigenvalue weighted by atomic mass is 9.73. The first-order valence-corrected chi connectivity index (χ1v) is 9.40. The minimum Gasteiger partial charge on any atom is -0.361 e. The second-order valence-electron chi connectivity index (χ2n) is 8.13. The first-order valence-electron chi connectivity index (χ1n) is 9.40. The molecule has 1 aliphatic carbocycles. The third-order valence-corrected chi connectivity index (χ3v) is 6.47. The number of likely N-dealkylation sites (tertiary alicyclic amines) is 1. The van der Waals surface area contributed by atoms with E-state index in [0.29, 0.717) is 11.5 Å². The first-order chi connectivity index (χ1) is 12.0. The van der Waals surface area contributed by atoms with Crippen molar-refractivity contribution in [3.63, 3.8) is 0 Å². The van der Waals surface area contributed by atoms with E-state index >= 15 is 0 Å². The lowest BCUT2D eigenvalue weighted by molar-refractivity contribution is 0.134. The summed E-state index contributed by atoms with van der Waals surface area (Å²) in [6, 6.07) is 9.69. The van der Waals surface area contributed by atoms with E-state index in [-0.39, 0.29) is 0 Å². The van der Waals surface area contributed by atoms with Crippen molar-refractivity contribution in [1.29, 1.82) is 0 Å². The zero-order valence-electron chi connectivity index (χ0n) is 15.9. The Morgan fingerprint density at radius 2 is 1.92 bits per heavy atom. The van der Waals surface area contributed by atoms with Crippen LogP contribution in [0.4, 0.5) is 0 Å². The molecule has 1 unspecified atom stereocenters. The summed E-state index contributed by atoms with van der Waals surface area (Å²) in [4.78, 5) is 4.97. The van der Waals surface area contributed by atoms with Gasteiger partial charge in [-0.3, -0.25) is 4.90 Å². The van der Waals surface area contributed by atoms with Crippen molar-refractivity contribution >= 4 is 0 Å². The standard InChI is InChI=1S/C21H29N3O/c1-15-18(16(2)25-22-15)14-24-11-9-21(10-12-24)13-20(23(3)4)17-7-5-6-8-19(17)21/h5-8,20H,9-14H2,1-4H3. The summed E-state index contributed by atoms with van der Waals surface area (Å²) in [5.41, 5.74) is 5.82. The molecule has 1 saturated heterocycles. The Kier molecular flexibility index (Phi) is 4.20. The number of aromatic nitrogens is 1. The summed E-state index contributed by atoms with van der Waals surface area (Å²) in [7, 11) is 4.43. The average molecular weight is 339 g/mol. The van der Waals surface area contributed by atoms with E-state index in [1.165, 1.54) is 24.8 Å². The van der Waals surface area contributed by atoms with Crippen LogP contribution in [-0.2, 0) is 12.0 Å². The third-order valence-electron chi connectivity index (χ3n) is 6.47. The maximum absolute atomic E-state index is 5.33. The molecule has 2 aliphatic rings. The van der Waals surface area contributed by atoms with Crippen LogP contribution in [0.25, 0.3) is 0 Å². The van der Waals surface area contributed by atoms with Gasteiger partial charge in [0.25, 0.3) is 0 Å². The molecule has 0 saturated carbocycles. The highest BCUT2D eigenvalue weighted by Gasteiger charge is 2.45. The van der Waals surface area contributed by atoms with Crippen LogP contribution in [0.5, 0.6) is 0 Å². The van der Waals surface area contributed by atoms with Crippen molar-refractivity contribution in [2.75, 3.05) is 27.2 Å². The Morgan fingerprint density at radius 3 is 2.56 bits per heavy atom. The van der Waals surface area contributed by atoms with Crippen molar-refractivity contribution < 1.29 is 4.52 Å². The molecule has 25 heavy (non-hydrogen) atoms. The monoisotopic (exact) mass is 339 g/mol. The Balaban J connectivity index is 1.52. The average Bonchev–Trinajstić information content (AvgIpc) is 3.10. The fraction of sp³-hybridized carbons (Fsp3) is 0.571. The van der Waals surface area contributed by atoms with Crippen LogP contribution >= 0.6 is 0 Å². The molecule has 0 radical (unpaired) electrons. The van der Waals surface area contributed by atoms with E-state index in [1.54, 1.807) is 11.1 Å². The van der Waals surface area contributed by atoms with Gasteiger partial charge in [0.05, 0.1) is 5.69 Å². The molecule has 0 bridgehead atoms. The predicted octanol–water partition coefficient (Wildman–Crippen LogP) is 3.83. The van der Waals surface area contributed by atoms with Gasteiger partial charge in [-0.1, -0.05) is 29.4 Å². The first kappa shape index (κ1) is 16.8. The minimum atomic E-state index is 0.362. The molecule has 134 valence electrons. The Hall–Kier alpha value is -1.65. The quantitative estimate of drug-likeness (QED) is 0.851. The topological polar surface area (TPSA) is 32.5 Å². The van der Waals surface area contributed by atoms with Gasteiger partial charge < -0.3 is 9.42 Å². The summed E-state index contributed by atoms with van der Waals surface area (Å²) in [6.07, 6.45) is 3.76. The maximum Gasteiger partial charge on any atom is 0.138 e. The molecule has 2 aromatic rings. The van der Waals surface area contributed by atoms with Gasteiger partial charge in [0.15, 0.2) is 0 Å². The van der Waals surface area contributed by atoms with Gasteiger partial charge in [0, 0.05) is 18.2 Å². The molecule has 0 N–H and O–H groups in total. The number of piperidine rings is 1. The Bertz CT molecular complexity index is 737. The second kappa shape index (κ2) is 6.26. The van der Waals surface area contributed by atoms with Gasteiger partial charge in [0.1, 0.15) is 5.76 Å². The van der Waals surface area contributed by atoms with Crippen LogP contribution in [0.1, 0.15) is 53.4 Å². The zero-order valence-corrected chi connectivity index (χ0v) is 15.9. The van der Waals surface area contributed by atoms with E-state index in [0.717, 1.165) is 31.1 Å². The van der Waals surface area contributed by atoms with Crippen LogP contribution in [0, 0.1) is 13.8 Å². The summed E-state index contributed by atoms with van der Waals surface area (Å²) in [5, 5.41) is 4.10. The van der Waals surface area contributed by atoms with Crippen molar-refractivity contribution in [3.05, 3.63) is 52.4 Å². The fourth-order valence-corrected chi connectivity index (χ4v) is 4.89. The molecule has 2 heterocycles. The second-order valence-corrected chi connectivity index (χ2v) is 8.13. The lowest BCUT2D eigenvalue weighted by Gasteiger charge is -2.40. The van der Waals surface area contributed by atoms with Crippen molar-refractivity contribution in [1.82, 2.24) is 15.0 Å². The normalized spacial score (nSPS) is 22.7.